The minimum atomic E-state index is 0.0139. The van der Waals surface area contributed by atoms with Gasteiger partial charge in [-0.3, -0.25) is 0 Å². The van der Waals surface area contributed by atoms with E-state index in [4.69, 9.17) is 4.74 Å². The van der Waals surface area contributed by atoms with Crippen LogP contribution in [0.15, 0.2) is 35.2 Å². The van der Waals surface area contributed by atoms with Gasteiger partial charge in [-0.15, -0.1) is 0 Å². The summed E-state index contributed by atoms with van der Waals surface area (Å²) in [5.74, 6) is 1.38. The molecule has 0 amide bonds. The number of aryl methyl sites for hydroxylation is 1. The molecule has 0 saturated carbocycles. The van der Waals surface area contributed by atoms with E-state index in [1.807, 2.05) is 6.07 Å². The normalized spacial score (nSPS) is 11.4. The van der Waals surface area contributed by atoms with Gasteiger partial charge in [0.1, 0.15) is 12.1 Å². The van der Waals surface area contributed by atoms with Crippen molar-refractivity contribution < 1.29 is 4.74 Å². The Morgan fingerprint density at radius 1 is 1.25 bits per heavy atom. The third kappa shape index (κ3) is 3.37. The Morgan fingerprint density at radius 3 is 2.60 bits per heavy atom. The lowest BCUT2D eigenvalue weighted by Gasteiger charge is -2.23. The minimum absolute atomic E-state index is 0.0139. The summed E-state index contributed by atoms with van der Waals surface area (Å²) in [5.41, 5.74) is 2.51. The van der Waals surface area contributed by atoms with Crippen LogP contribution in [-0.2, 0) is 11.8 Å². The number of rotatable bonds is 3. The summed E-state index contributed by atoms with van der Waals surface area (Å²) < 4.78 is 6.72. The first-order chi connectivity index (χ1) is 9.41. The number of hydrogen-bond donors (Lipinski definition) is 0. The number of hydrogen-bond acceptors (Lipinski definition) is 3. The number of ether oxygens (including phenoxy) is 1. The molecule has 0 aliphatic rings. The molecule has 0 bridgehead atoms. The lowest BCUT2D eigenvalue weighted by Crippen LogP contribution is -2.13. The van der Waals surface area contributed by atoms with Crippen molar-refractivity contribution in [3.63, 3.8) is 0 Å². The molecule has 3 nitrogen and oxygen atoms in total. The van der Waals surface area contributed by atoms with Gasteiger partial charge in [-0.05, 0) is 39.4 Å². The van der Waals surface area contributed by atoms with Crippen LogP contribution in [0.3, 0.4) is 0 Å². The molecule has 106 valence electrons. The van der Waals surface area contributed by atoms with E-state index in [2.05, 4.69) is 65.7 Å². The van der Waals surface area contributed by atoms with Crippen molar-refractivity contribution in [3.05, 3.63) is 46.3 Å². The van der Waals surface area contributed by atoms with E-state index in [9.17, 15) is 0 Å². The Kier molecular flexibility index (Phi) is 4.43. The second-order valence-electron chi connectivity index (χ2n) is 5.71. The van der Waals surface area contributed by atoms with Crippen LogP contribution in [-0.4, -0.2) is 9.97 Å². The highest BCUT2D eigenvalue weighted by atomic mass is 79.9. The standard InChI is InChI=1S/C16H19BrN2O/c1-5-11-6-7-14(12(8-11)16(2,3)4)20-15-13(17)9-18-10-19-15/h6-10H,5H2,1-4H3. The highest BCUT2D eigenvalue weighted by Gasteiger charge is 2.20. The van der Waals surface area contributed by atoms with Crippen LogP contribution >= 0.6 is 15.9 Å². The lowest BCUT2D eigenvalue weighted by molar-refractivity contribution is 0.435. The van der Waals surface area contributed by atoms with Crippen molar-refractivity contribution in [1.82, 2.24) is 9.97 Å². The van der Waals surface area contributed by atoms with Crippen LogP contribution in [0.5, 0.6) is 11.6 Å². The Balaban J connectivity index is 2.44. The first kappa shape index (κ1) is 15.0. The predicted octanol–water partition coefficient (Wildman–Crippen LogP) is 4.89. The fourth-order valence-electron chi connectivity index (χ4n) is 1.95. The van der Waals surface area contributed by atoms with Crippen molar-refractivity contribution in [3.8, 4) is 11.6 Å². The summed E-state index contributed by atoms with van der Waals surface area (Å²) in [6, 6.07) is 6.33. The van der Waals surface area contributed by atoms with E-state index < -0.39 is 0 Å². The molecule has 0 spiro atoms. The van der Waals surface area contributed by atoms with Gasteiger partial charge in [0.05, 0.1) is 4.47 Å². The molecule has 20 heavy (non-hydrogen) atoms. The summed E-state index contributed by atoms with van der Waals surface area (Å²) in [4.78, 5) is 8.11. The Labute approximate surface area is 128 Å². The highest BCUT2D eigenvalue weighted by Crippen LogP contribution is 2.36. The van der Waals surface area contributed by atoms with Crippen LogP contribution < -0.4 is 4.74 Å². The average Bonchev–Trinajstić information content (AvgIpc) is 2.40. The molecule has 0 aliphatic carbocycles. The van der Waals surface area contributed by atoms with Gasteiger partial charge in [0.2, 0.25) is 5.88 Å². The molecule has 0 unspecified atom stereocenters. The quantitative estimate of drug-likeness (QED) is 0.801. The molecule has 0 radical (unpaired) electrons. The largest absolute Gasteiger partial charge is 0.437 e. The van der Waals surface area contributed by atoms with Crippen molar-refractivity contribution >= 4 is 15.9 Å². The van der Waals surface area contributed by atoms with Crippen molar-refractivity contribution in [2.75, 3.05) is 0 Å². The van der Waals surface area contributed by atoms with Crippen LogP contribution in [0.4, 0.5) is 0 Å². The SMILES string of the molecule is CCc1ccc(Oc2ncncc2Br)c(C(C)(C)C)c1. The maximum atomic E-state index is 5.97. The van der Waals surface area contributed by atoms with E-state index in [1.54, 1.807) is 6.20 Å². The zero-order valence-corrected chi connectivity index (χ0v) is 13.9. The maximum absolute atomic E-state index is 5.97. The summed E-state index contributed by atoms with van der Waals surface area (Å²) in [6.07, 6.45) is 4.18. The van der Waals surface area contributed by atoms with Gasteiger partial charge < -0.3 is 4.74 Å². The highest BCUT2D eigenvalue weighted by molar-refractivity contribution is 9.10. The molecule has 0 aliphatic heterocycles. The molecular weight excluding hydrogens is 316 g/mol. The fourth-order valence-corrected chi connectivity index (χ4v) is 2.25. The molecule has 0 N–H and O–H groups in total. The second-order valence-corrected chi connectivity index (χ2v) is 6.57. The van der Waals surface area contributed by atoms with Crippen LogP contribution in [0.25, 0.3) is 0 Å². The van der Waals surface area contributed by atoms with Gasteiger partial charge in [-0.2, -0.15) is 0 Å². The molecule has 1 aromatic carbocycles. The van der Waals surface area contributed by atoms with Gasteiger partial charge in [0, 0.05) is 11.8 Å². The zero-order chi connectivity index (χ0) is 14.8. The first-order valence-electron chi connectivity index (χ1n) is 6.68. The third-order valence-corrected chi connectivity index (χ3v) is 3.64. The monoisotopic (exact) mass is 334 g/mol. The first-order valence-corrected chi connectivity index (χ1v) is 7.48. The fraction of sp³-hybridized carbons (Fsp3) is 0.375. The molecule has 1 heterocycles. The summed E-state index contributed by atoms with van der Waals surface area (Å²) in [7, 11) is 0. The number of nitrogens with zero attached hydrogens (tertiary/aromatic N) is 2. The summed E-state index contributed by atoms with van der Waals surface area (Å²) in [6.45, 7) is 8.71. The van der Waals surface area contributed by atoms with Crippen molar-refractivity contribution in [2.45, 2.75) is 39.5 Å². The van der Waals surface area contributed by atoms with Gasteiger partial charge in [0.25, 0.3) is 0 Å². The smallest absolute Gasteiger partial charge is 0.236 e. The van der Waals surface area contributed by atoms with E-state index in [1.165, 1.54) is 17.5 Å². The average molecular weight is 335 g/mol. The molecule has 0 atom stereocenters. The van der Waals surface area contributed by atoms with Crippen molar-refractivity contribution in [2.24, 2.45) is 0 Å². The van der Waals surface area contributed by atoms with Crippen LogP contribution in [0.2, 0.25) is 0 Å². The number of halogens is 1. The van der Waals surface area contributed by atoms with E-state index in [-0.39, 0.29) is 5.41 Å². The van der Waals surface area contributed by atoms with Gasteiger partial charge >= 0.3 is 0 Å². The molecule has 2 rings (SSSR count). The number of benzene rings is 1. The van der Waals surface area contributed by atoms with Crippen molar-refractivity contribution in [1.29, 1.82) is 0 Å². The van der Waals surface area contributed by atoms with E-state index >= 15 is 0 Å². The molecule has 1 aromatic heterocycles. The molecule has 0 fully saturated rings. The Hall–Kier alpha value is -1.42. The summed E-state index contributed by atoms with van der Waals surface area (Å²) >= 11 is 3.41. The zero-order valence-electron chi connectivity index (χ0n) is 12.3. The number of aromatic nitrogens is 2. The van der Waals surface area contributed by atoms with Crippen LogP contribution in [0.1, 0.15) is 38.8 Å². The third-order valence-electron chi connectivity index (χ3n) is 3.10. The Morgan fingerprint density at radius 2 is 2.00 bits per heavy atom. The van der Waals surface area contributed by atoms with Gasteiger partial charge in [-0.25, -0.2) is 9.97 Å². The van der Waals surface area contributed by atoms with Gasteiger partial charge in [0.15, 0.2) is 0 Å². The van der Waals surface area contributed by atoms with E-state index in [0.29, 0.717) is 5.88 Å². The molecular formula is C16H19BrN2O. The minimum Gasteiger partial charge on any atom is -0.437 e. The topological polar surface area (TPSA) is 35.0 Å². The van der Waals surface area contributed by atoms with Gasteiger partial charge in [-0.1, -0.05) is 39.8 Å². The second kappa shape index (κ2) is 5.92. The van der Waals surface area contributed by atoms with Crippen LogP contribution in [0, 0.1) is 0 Å². The lowest BCUT2D eigenvalue weighted by atomic mass is 9.85. The molecule has 2 aromatic rings. The van der Waals surface area contributed by atoms with E-state index in [0.717, 1.165) is 16.6 Å². The predicted molar refractivity (Wildman–Crippen MR) is 84.3 cm³/mol. The molecule has 0 saturated heterocycles. The molecule has 4 heteroatoms. The Bertz CT molecular complexity index is 606. The summed E-state index contributed by atoms with van der Waals surface area (Å²) in [5, 5.41) is 0. The maximum Gasteiger partial charge on any atom is 0.236 e.